The van der Waals surface area contributed by atoms with Gasteiger partial charge in [-0.1, -0.05) is 13.8 Å². The molecule has 0 amide bonds. The van der Waals surface area contributed by atoms with Gasteiger partial charge in [-0.05, 0) is 32.6 Å². The Labute approximate surface area is 127 Å². The second-order valence-corrected chi connectivity index (χ2v) is 5.85. The summed E-state index contributed by atoms with van der Waals surface area (Å²) in [7, 11) is 1.74. The van der Waals surface area contributed by atoms with Crippen LogP contribution < -0.4 is 10.6 Å². The van der Waals surface area contributed by atoms with Gasteiger partial charge in [-0.15, -0.1) is 0 Å². The lowest BCUT2D eigenvalue weighted by Gasteiger charge is -2.33. The fourth-order valence-electron chi connectivity index (χ4n) is 2.72. The van der Waals surface area contributed by atoms with Crippen molar-refractivity contribution in [2.75, 3.05) is 30.9 Å². The molecule has 0 unspecified atom stereocenters. The first kappa shape index (κ1) is 16.0. The third-order valence-electron chi connectivity index (χ3n) is 4.31. The van der Waals surface area contributed by atoms with Crippen molar-refractivity contribution in [1.29, 1.82) is 0 Å². The van der Waals surface area contributed by atoms with E-state index in [2.05, 4.69) is 23.7 Å². The molecule has 0 saturated heterocycles. The quantitative estimate of drug-likeness (QED) is 0.798. The first-order valence-corrected chi connectivity index (χ1v) is 8.01. The minimum Gasteiger partial charge on any atom is -0.383 e. The van der Waals surface area contributed by atoms with Crippen LogP contribution in [-0.2, 0) is 4.74 Å². The van der Waals surface area contributed by atoms with Crippen molar-refractivity contribution in [3.63, 3.8) is 0 Å². The van der Waals surface area contributed by atoms with Crippen LogP contribution in [-0.4, -0.2) is 36.3 Å². The molecule has 1 aromatic rings. The summed E-state index contributed by atoms with van der Waals surface area (Å²) < 4.78 is 5.28. The largest absolute Gasteiger partial charge is 0.383 e. The highest BCUT2D eigenvalue weighted by Gasteiger charge is 2.29. The maximum atomic E-state index is 6.13. The third kappa shape index (κ3) is 3.64. The lowest BCUT2D eigenvalue weighted by atomic mass is 10.1. The Kier molecular flexibility index (Phi) is 5.39. The van der Waals surface area contributed by atoms with Gasteiger partial charge < -0.3 is 15.4 Å². The normalized spacial score (nSPS) is 14.7. The monoisotopic (exact) mass is 292 g/mol. The van der Waals surface area contributed by atoms with E-state index in [-0.39, 0.29) is 0 Å². The highest BCUT2D eigenvalue weighted by atomic mass is 16.5. The van der Waals surface area contributed by atoms with Crippen LogP contribution in [0.5, 0.6) is 0 Å². The Balaban J connectivity index is 2.36. The molecule has 1 aliphatic rings. The number of aromatic nitrogens is 2. The Bertz CT molecular complexity index is 470. The van der Waals surface area contributed by atoms with Gasteiger partial charge in [-0.2, -0.15) is 0 Å². The molecular weight excluding hydrogens is 264 g/mol. The van der Waals surface area contributed by atoms with Crippen molar-refractivity contribution < 1.29 is 4.74 Å². The summed E-state index contributed by atoms with van der Waals surface area (Å²) in [5.74, 6) is 3.05. The van der Waals surface area contributed by atoms with Gasteiger partial charge in [-0.3, -0.25) is 0 Å². The highest BCUT2D eigenvalue weighted by Crippen LogP contribution is 2.40. The number of hydrogen-bond acceptors (Lipinski definition) is 5. The fourth-order valence-corrected chi connectivity index (χ4v) is 2.72. The summed E-state index contributed by atoms with van der Waals surface area (Å²) >= 11 is 0. The number of anilines is 2. The molecule has 0 atom stereocenters. The van der Waals surface area contributed by atoms with Gasteiger partial charge in [0, 0.05) is 31.2 Å². The maximum Gasteiger partial charge on any atom is 0.137 e. The molecule has 0 radical (unpaired) electrons. The number of methoxy groups -OCH3 is 1. The standard InChI is InChI=1S/C16H28N4O/c1-5-13(6-2)20(9-10-21-4)16-11(3)14(17)18-15(19-16)12-7-8-12/h12-13H,5-10H2,1-4H3,(H2,17,18,19). The minimum absolute atomic E-state index is 0.459. The predicted molar refractivity (Wildman–Crippen MR) is 86.7 cm³/mol. The van der Waals surface area contributed by atoms with Crippen LogP contribution in [0.15, 0.2) is 0 Å². The van der Waals surface area contributed by atoms with Gasteiger partial charge in [0.1, 0.15) is 17.5 Å². The lowest BCUT2D eigenvalue weighted by Crippen LogP contribution is -2.38. The highest BCUT2D eigenvalue weighted by molar-refractivity contribution is 5.57. The third-order valence-corrected chi connectivity index (χ3v) is 4.31. The topological polar surface area (TPSA) is 64.3 Å². The van der Waals surface area contributed by atoms with Crippen molar-refractivity contribution in [3.8, 4) is 0 Å². The van der Waals surface area contributed by atoms with Crippen molar-refractivity contribution in [3.05, 3.63) is 11.4 Å². The van der Waals surface area contributed by atoms with E-state index in [0.29, 0.717) is 24.4 Å². The maximum absolute atomic E-state index is 6.13. The molecule has 0 aliphatic heterocycles. The second-order valence-electron chi connectivity index (χ2n) is 5.85. The summed E-state index contributed by atoms with van der Waals surface area (Å²) in [6.07, 6.45) is 4.54. The lowest BCUT2D eigenvalue weighted by molar-refractivity contribution is 0.202. The van der Waals surface area contributed by atoms with E-state index in [0.717, 1.165) is 36.6 Å². The molecule has 5 heteroatoms. The number of ether oxygens (including phenoxy) is 1. The second kappa shape index (κ2) is 7.07. The van der Waals surface area contributed by atoms with E-state index >= 15 is 0 Å². The summed E-state index contributed by atoms with van der Waals surface area (Å²) in [6, 6.07) is 0.459. The van der Waals surface area contributed by atoms with Crippen LogP contribution in [0.3, 0.4) is 0 Å². The number of rotatable bonds is 8. The molecular formula is C16H28N4O. The van der Waals surface area contributed by atoms with Crippen molar-refractivity contribution in [2.24, 2.45) is 0 Å². The first-order chi connectivity index (χ1) is 10.1. The molecule has 1 saturated carbocycles. The van der Waals surface area contributed by atoms with E-state index in [1.165, 1.54) is 12.8 Å². The van der Waals surface area contributed by atoms with Crippen LogP contribution in [0, 0.1) is 6.92 Å². The van der Waals surface area contributed by atoms with Crippen LogP contribution >= 0.6 is 0 Å². The Morgan fingerprint density at radius 2 is 1.95 bits per heavy atom. The molecule has 1 fully saturated rings. The summed E-state index contributed by atoms with van der Waals surface area (Å²) in [6.45, 7) is 7.98. The van der Waals surface area contributed by atoms with E-state index < -0.39 is 0 Å². The van der Waals surface area contributed by atoms with Crippen molar-refractivity contribution >= 4 is 11.6 Å². The zero-order chi connectivity index (χ0) is 15.4. The van der Waals surface area contributed by atoms with Crippen LogP contribution in [0.2, 0.25) is 0 Å². The van der Waals surface area contributed by atoms with Crippen LogP contribution in [0.25, 0.3) is 0 Å². The molecule has 2 N–H and O–H groups in total. The average Bonchev–Trinajstić information content (AvgIpc) is 3.31. The van der Waals surface area contributed by atoms with Gasteiger partial charge in [0.05, 0.1) is 6.61 Å². The number of hydrogen-bond donors (Lipinski definition) is 1. The smallest absolute Gasteiger partial charge is 0.137 e. The van der Waals surface area contributed by atoms with Crippen LogP contribution in [0.1, 0.15) is 56.8 Å². The number of nitrogen functional groups attached to an aromatic ring is 1. The molecule has 0 aromatic carbocycles. The molecule has 0 bridgehead atoms. The van der Waals surface area contributed by atoms with Gasteiger partial charge in [0.2, 0.25) is 0 Å². The van der Waals surface area contributed by atoms with Gasteiger partial charge in [0.25, 0.3) is 0 Å². The molecule has 1 aliphatic carbocycles. The molecule has 1 heterocycles. The molecule has 118 valence electrons. The van der Waals surface area contributed by atoms with Gasteiger partial charge in [0.15, 0.2) is 0 Å². The zero-order valence-electron chi connectivity index (χ0n) is 13.7. The fraction of sp³-hybridized carbons (Fsp3) is 0.750. The Hall–Kier alpha value is -1.36. The first-order valence-electron chi connectivity index (χ1n) is 8.01. The van der Waals surface area contributed by atoms with E-state index in [4.69, 9.17) is 15.5 Å². The zero-order valence-corrected chi connectivity index (χ0v) is 13.7. The molecule has 5 nitrogen and oxygen atoms in total. The Morgan fingerprint density at radius 1 is 1.29 bits per heavy atom. The van der Waals surface area contributed by atoms with E-state index in [1.807, 2.05) is 6.92 Å². The number of nitrogens with two attached hydrogens (primary N) is 1. The van der Waals surface area contributed by atoms with E-state index in [9.17, 15) is 0 Å². The Morgan fingerprint density at radius 3 is 2.48 bits per heavy atom. The summed E-state index contributed by atoms with van der Waals surface area (Å²) in [5.41, 5.74) is 7.12. The predicted octanol–water partition coefficient (Wildman–Crippen LogP) is 2.89. The summed E-state index contributed by atoms with van der Waals surface area (Å²) in [4.78, 5) is 11.7. The molecule has 1 aromatic heterocycles. The average molecular weight is 292 g/mol. The van der Waals surface area contributed by atoms with E-state index in [1.54, 1.807) is 7.11 Å². The van der Waals surface area contributed by atoms with Gasteiger partial charge >= 0.3 is 0 Å². The molecule has 2 rings (SSSR count). The SMILES string of the molecule is CCC(CC)N(CCOC)c1nc(C2CC2)nc(N)c1C. The molecule has 0 spiro atoms. The minimum atomic E-state index is 0.459. The van der Waals surface area contributed by atoms with Gasteiger partial charge in [-0.25, -0.2) is 9.97 Å². The van der Waals surface area contributed by atoms with Crippen molar-refractivity contribution in [2.45, 2.75) is 58.4 Å². The summed E-state index contributed by atoms with van der Waals surface area (Å²) in [5, 5.41) is 0. The van der Waals surface area contributed by atoms with Crippen molar-refractivity contribution in [1.82, 2.24) is 9.97 Å². The number of nitrogens with zero attached hydrogens (tertiary/aromatic N) is 3. The molecule has 21 heavy (non-hydrogen) atoms. The van der Waals surface area contributed by atoms with Crippen LogP contribution in [0.4, 0.5) is 11.6 Å².